The molecule has 0 aliphatic heterocycles. The highest BCUT2D eigenvalue weighted by Gasteiger charge is 1.99. The number of nitrogens with two attached hydrogens (primary N) is 1. The molecule has 0 fully saturated rings. The van der Waals surface area contributed by atoms with Gasteiger partial charge in [0.2, 0.25) is 0 Å². The van der Waals surface area contributed by atoms with Crippen molar-refractivity contribution in [3.63, 3.8) is 0 Å². The molecule has 0 saturated heterocycles. The number of anilines is 1. The van der Waals surface area contributed by atoms with Gasteiger partial charge < -0.3 is 4.55 Å². The average Bonchev–Trinajstić information content (AvgIpc) is 2.05. The van der Waals surface area contributed by atoms with Crippen LogP contribution in [0.3, 0.4) is 0 Å². The first-order chi connectivity index (χ1) is 5.70. The molecule has 0 bridgehead atoms. The molecule has 0 radical (unpaired) electrons. The summed E-state index contributed by atoms with van der Waals surface area (Å²) in [4.78, 5) is 0. The van der Waals surface area contributed by atoms with Gasteiger partial charge in [-0.15, -0.1) is 0 Å². The highest BCUT2D eigenvalue weighted by atomic mass is 32.2. The molecule has 6 heteroatoms. The van der Waals surface area contributed by atoms with Crippen LogP contribution >= 0.6 is 0 Å². The highest BCUT2D eigenvalue weighted by molar-refractivity contribution is 7.74. The molecule has 5 nitrogen and oxygen atoms in total. The SMILES string of the molecule is NN(OS(=O)[O-])c1ccccc1. The second-order valence-electron chi connectivity index (χ2n) is 1.94. The third kappa shape index (κ3) is 2.59. The molecule has 0 aliphatic carbocycles. The zero-order valence-electron chi connectivity index (χ0n) is 6.04. The molecule has 1 aromatic carbocycles. The summed E-state index contributed by atoms with van der Waals surface area (Å²) < 4.78 is 24.2. The summed E-state index contributed by atoms with van der Waals surface area (Å²) in [6.45, 7) is 0. The number of benzene rings is 1. The van der Waals surface area contributed by atoms with Gasteiger partial charge in [0.05, 0.1) is 5.69 Å². The van der Waals surface area contributed by atoms with Crippen LogP contribution in [0.1, 0.15) is 0 Å². The third-order valence-corrected chi connectivity index (χ3v) is 1.43. The van der Waals surface area contributed by atoms with Gasteiger partial charge in [-0.2, -0.15) is 9.46 Å². The fourth-order valence-corrected chi connectivity index (χ4v) is 0.901. The van der Waals surface area contributed by atoms with E-state index in [1.165, 1.54) is 0 Å². The fraction of sp³-hybridized carbons (Fsp3) is 0. The molecule has 1 rings (SSSR count). The van der Waals surface area contributed by atoms with Gasteiger partial charge in [-0.1, -0.05) is 18.2 Å². The minimum absolute atomic E-state index is 0.460. The van der Waals surface area contributed by atoms with E-state index in [0.29, 0.717) is 10.9 Å². The number of hydrogen-bond donors (Lipinski definition) is 1. The van der Waals surface area contributed by atoms with Crippen LogP contribution in [-0.4, -0.2) is 8.76 Å². The lowest BCUT2D eigenvalue weighted by atomic mass is 10.3. The van der Waals surface area contributed by atoms with E-state index in [1.807, 2.05) is 0 Å². The summed E-state index contributed by atoms with van der Waals surface area (Å²) in [7, 11) is 0. The largest absolute Gasteiger partial charge is 0.748 e. The van der Waals surface area contributed by atoms with Crippen molar-refractivity contribution in [3.05, 3.63) is 30.3 Å². The normalized spacial score (nSPS) is 12.5. The summed E-state index contributed by atoms with van der Waals surface area (Å²) in [5.74, 6) is 5.21. The van der Waals surface area contributed by atoms with Crippen LogP contribution in [0.4, 0.5) is 5.69 Å². The Bertz CT molecular complexity index is 267. The lowest BCUT2D eigenvalue weighted by Gasteiger charge is -2.17. The third-order valence-electron chi connectivity index (χ3n) is 1.15. The minimum Gasteiger partial charge on any atom is -0.748 e. The Morgan fingerprint density at radius 2 is 2.00 bits per heavy atom. The molecule has 1 aromatic rings. The van der Waals surface area contributed by atoms with Gasteiger partial charge in [0.1, 0.15) is 11.4 Å². The maximum absolute atomic E-state index is 10.0. The van der Waals surface area contributed by atoms with E-state index >= 15 is 0 Å². The molecule has 0 aliphatic rings. The van der Waals surface area contributed by atoms with E-state index < -0.39 is 11.4 Å². The second kappa shape index (κ2) is 4.17. The maximum Gasteiger partial charge on any atom is 0.114 e. The maximum atomic E-state index is 10.0. The number of rotatable bonds is 3. The van der Waals surface area contributed by atoms with Crippen molar-refractivity contribution in [3.8, 4) is 0 Å². The van der Waals surface area contributed by atoms with Crippen LogP contribution in [-0.2, 0) is 15.6 Å². The molecule has 0 heterocycles. The Morgan fingerprint density at radius 1 is 1.42 bits per heavy atom. The Hall–Kier alpha value is -0.950. The van der Waals surface area contributed by atoms with E-state index in [1.54, 1.807) is 30.3 Å². The predicted octanol–water partition coefficient (Wildman–Crippen LogP) is 0.0924. The molecule has 0 spiro atoms. The topological polar surface area (TPSA) is 78.6 Å². The van der Waals surface area contributed by atoms with Gasteiger partial charge in [0.25, 0.3) is 0 Å². The highest BCUT2D eigenvalue weighted by Crippen LogP contribution is 2.09. The van der Waals surface area contributed by atoms with E-state index in [2.05, 4.69) is 4.28 Å². The average molecular weight is 187 g/mol. The summed E-state index contributed by atoms with van der Waals surface area (Å²) in [6, 6.07) is 8.45. The molecule has 0 aromatic heterocycles. The first-order valence-corrected chi connectivity index (χ1v) is 4.08. The number of hydrogen-bond acceptors (Lipinski definition) is 5. The van der Waals surface area contributed by atoms with Crippen molar-refractivity contribution < 1.29 is 13.0 Å². The lowest BCUT2D eigenvalue weighted by Crippen LogP contribution is -2.31. The first-order valence-electron chi connectivity index (χ1n) is 3.08. The van der Waals surface area contributed by atoms with Gasteiger partial charge in [-0.3, -0.25) is 0 Å². The van der Waals surface area contributed by atoms with E-state index in [0.717, 1.165) is 0 Å². The monoisotopic (exact) mass is 187 g/mol. The lowest BCUT2D eigenvalue weighted by molar-refractivity contribution is 0.272. The molecule has 12 heavy (non-hydrogen) atoms. The molecule has 1 atom stereocenters. The van der Waals surface area contributed by atoms with E-state index in [4.69, 9.17) is 5.84 Å². The summed E-state index contributed by atoms with van der Waals surface area (Å²) in [5.41, 5.74) is 0.460. The Morgan fingerprint density at radius 3 is 2.50 bits per heavy atom. The summed E-state index contributed by atoms with van der Waals surface area (Å²) in [6.07, 6.45) is 0. The molecule has 0 amide bonds. The standard InChI is InChI=1S/C6H8N2O3S/c7-8(11-12(9)10)6-4-2-1-3-5-6/h1-5H,7H2,(H,9,10)/p-1. The van der Waals surface area contributed by atoms with Crippen LogP contribution in [0, 0.1) is 0 Å². The van der Waals surface area contributed by atoms with Gasteiger partial charge in [-0.25, -0.2) is 10.1 Å². The van der Waals surface area contributed by atoms with Crippen LogP contribution in [0.25, 0.3) is 0 Å². The molecular formula is C6H7N2O3S-. The number of nitrogens with zero attached hydrogens (tertiary/aromatic N) is 1. The van der Waals surface area contributed by atoms with Crippen LogP contribution in [0.2, 0.25) is 0 Å². The van der Waals surface area contributed by atoms with E-state index in [-0.39, 0.29) is 0 Å². The van der Waals surface area contributed by atoms with Crippen LogP contribution in [0.5, 0.6) is 0 Å². The van der Waals surface area contributed by atoms with Gasteiger partial charge in [0, 0.05) is 0 Å². The zero-order chi connectivity index (χ0) is 8.97. The quantitative estimate of drug-likeness (QED) is 0.412. The Labute approximate surface area is 72.2 Å². The van der Waals surface area contributed by atoms with Crippen LogP contribution < -0.4 is 11.0 Å². The minimum atomic E-state index is -2.65. The van der Waals surface area contributed by atoms with Crippen LogP contribution in [0.15, 0.2) is 30.3 Å². The summed E-state index contributed by atoms with van der Waals surface area (Å²) in [5, 5.41) is 0.670. The van der Waals surface area contributed by atoms with E-state index in [9.17, 15) is 8.76 Å². The molecule has 66 valence electrons. The number of hydrazine groups is 1. The van der Waals surface area contributed by atoms with Gasteiger partial charge >= 0.3 is 0 Å². The van der Waals surface area contributed by atoms with Gasteiger partial charge in [-0.05, 0) is 12.1 Å². The first kappa shape index (κ1) is 9.14. The number of para-hydroxylation sites is 1. The van der Waals surface area contributed by atoms with Crippen molar-refractivity contribution in [2.75, 3.05) is 5.17 Å². The van der Waals surface area contributed by atoms with Gasteiger partial charge in [0.15, 0.2) is 0 Å². The fourth-order valence-electron chi connectivity index (χ4n) is 0.684. The van der Waals surface area contributed by atoms with Crippen molar-refractivity contribution in [2.45, 2.75) is 0 Å². The molecule has 0 saturated carbocycles. The Kier molecular flexibility index (Phi) is 3.18. The van der Waals surface area contributed by atoms with Crippen molar-refractivity contribution in [2.24, 2.45) is 5.84 Å². The van der Waals surface area contributed by atoms with Crippen molar-refractivity contribution in [1.82, 2.24) is 0 Å². The van der Waals surface area contributed by atoms with Crippen molar-refractivity contribution >= 4 is 17.0 Å². The second-order valence-corrected chi connectivity index (χ2v) is 2.50. The Balaban J connectivity index is 2.65. The zero-order valence-corrected chi connectivity index (χ0v) is 6.86. The molecular weight excluding hydrogens is 180 g/mol. The predicted molar refractivity (Wildman–Crippen MR) is 43.1 cm³/mol. The molecule has 2 N–H and O–H groups in total. The van der Waals surface area contributed by atoms with Crippen molar-refractivity contribution in [1.29, 1.82) is 0 Å². The summed E-state index contributed by atoms with van der Waals surface area (Å²) >= 11 is -2.65. The smallest absolute Gasteiger partial charge is 0.114 e. The molecule has 1 unspecified atom stereocenters.